The summed E-state index contributed by atoms with van der Waals surface area (Å²) in [4.78, 5) is 25.4. The summed E-state index contributed by atoms with van der Waals surface area (Å²) in [5, 5.41) is 16.7. The third kappa shape index (κ3) is 5.05. The second kappa shape index (κ2) is 9.29. The average molecular weight is 384 g/mol. The van der Waals surface area contributed by atoms with Gasteiger partial charge in [0.05, 0.1) is 23.7 Å². The van der Waals surface area contributed by atoms with Crippen molar-refractivity contribution in [3.63, 3.8) is 0 Å². The van der Waals surface area contributed by atoms with Gasteiger partial charge in [-0.3, -0.25) is 19.8 Å². The highest BCUT2D eigenvalue weighted by molar-refractivity contribution is 6.00. The van der Waals surface area contributed by atoms with Crippen LogP contribution >= 0.6 is 0 Å². The number of nitrogens with zero attached hydrogens (tertiary/aromatic N) is 2. The van der Waals surface area contributed by atoms with E-state index in [1.54, 1.807) is 7.05 Å². The summed E-state index contributed by atoms with van der Waals surface area (Å²) in [5.41, 5.74) is 2.84. The number of amides is 1. The molecular weight excluding hydrogens is 360 g/mol. The molecule has 0 bridgehead atoms. The summed E-state index contributed by atoms with van der Waals surface area (Å²) >= 11 is 0. The fourth-order valence-electron chi connectivity index (χ4n) is 3.18. The van der Waals surface area contributed by atoms with E-state index in [-0.39, 0.29) is 17.2 Å². The maximum Gasteiger partial charge on any atom is 0.270 e. The minimum atomic E-state index is -0.509. The highest BCUT2D eigenvalue weighted by atomic mass is 16.6. The lowest BCUT2D eigenvalue weighted by atomic mass is 10.1. The molecule has 8 heteroatoms. The maximum atomic E-state index is 12.6. The molecule has 0 aliphatic carbocycles. The van der Waals surface area contributed by atoms with Gasteiger partial charge >= 0.3 is 0 Å². The first kappa shape index (κ1) is 19.8. The zero-order chi connectivity index (χ0) is 19.9. The topological polar surface area (TPSA) is 96.7 Å². The Morgan fingerprint density at radius 3 is 2.64 bits per heavy atom. The van der Waals surface area contributed by atoms with Crippen LogP contribution in [0.1, 0.15) is 21.5 Å². The first-order valence-corrected chi connectivity index (χ1v) is 9.19. The van der Waals surface area contributed by atoms with E-state index in [0.717, 1.165) is 38.4 Å². The van der Waals surface area contributed by atoms with Crippen LogP contribution in [0, 0.1) is 10.1 Å². The van der Waals surface area contributed by atoms with Crippen molar-refractivity contribution in [3.8, 4) is 0 Å². The predicted octanol–water partition coefficient (Wildman–Crippen LogP) is 2.40. The number of carbonyl (C=O) groups is 1. The lowest BCUT2D eigenvalue weighted by Gasteiger charge is -2.26. The normalized spacial score (nSPS) is 14.5. The van der Waals surface area contributed by atoms with Crippen molar-refractivity contribution >= 4 is 17.3 Å². The number of hydrogen-bond acceptors (Lipinski definition) is 6. The Labute approximate surface area is 163 Å². The van der Waals surface area contributed by atoms with Crippen molar-refractivity contribution in [2.24, 2.45) is 0 Å². The number of morpholine rings is 1. The Balaban J connectivity index is 1.65. The van der Waals surface area contributed by atoms with Crippen LogP contribution in [0.4, 0.5) is 11.4 Å². The van der Waals surface area contributed by atoms with Crippen molar-refractivity contribution in [1.82, 2.24) is 10.2 Å². The van der Waals surface area contributed by atoms with Crippen LogP contribution in [0.5, 0.6) is 0 Å². The van der Waals surface area contributed by atoms with Crippen molar-refractivity contribution < 1.29 is 14.5 Å². The summed E-state index contributed by atoms with van der Waals surface area (Å²) in [6.07, 6.45) is 0. The van der Waals surface area contributed by atoms with Gasteiger partial charge in [-0.15, -0.1) is 0 Å². The number of rotatable bonds is 7. The summed E-state index contributed by atoms with van der Waals surface area (Å²) in [6.45, 7) is 4.54. The molecule has 2 aromatic rings. The molecule has 8 nitrogen and oxygen atoms in total. The molecule has 0 spiro atoms. The number of hydrogen-bond donors (Lipinski definition) is 2. The highest BCUT2D eigenvalue weighted by Crippen LogP contribution is 2.22. The van der Waals surface area contributed by atoms with Gasteiger partial charge in [0.15, 0.2) is 0 Å². The monoisotopic (exact) mass is 384 g/mol. The van der Waals surface area contributed by atoms with Crippen LogP contribution in [0.3, 0.4) is 0 Å². The Hall–Kier alpha value is -2.97. The molecule has 1 heterocycles. The quantitative estimate of drug-likeness (QED) is 0.562. The number of anilines is 1. The molecule has 1 amide bonds. The molecule has 3 rings (SSSR count). The van der Waals surface area contributed by atoms with E-state index in [2.05, 4.69) is 27.7 Å². The van der Waals surface area contributed by atoms with Gasteiger partial charge in [0.2, 0.25) is 0 Å². The van der Waals surface area contributed by atoms with Crippen LogP contribution < -0.4 is 10.6 Å². The van der Waals surface area contributed by atoms with Crippen molar-refractivity contribution in [1.29, 1.82) is 0 Å². The van der Waals surface area contributed by atoms with E-state index >= 15 is 0 Å². The van der Waals surface area contributed by atoms with E-state index in [1.807, 2.05) is 12.1 Å². The third-order valence-electron chi connectivity index (χ3n) is 4.68. The van der Waals surface area contributed by atoms with E-state index in [1.165, 1.54) is 23.8 Å². The molecule has 2 aromatic carbocycles. The number of nitrogens with one attached hydrogen (secondary N) is 2. The van der Waals surface area contributed by atoms with E-state index < -0.39 is 4.92 Å². The number of nitro groups is 1. The first-order valence-electron chi connectivity index (χ1n) is 9.19. The molecule has 0 radical (unpaired) electrons. The molecule has 1 aliphatic heterocycles. The fraction of sp³-hybridized carbons (Fsp3) is 0.350. The second-order valence-electron chi connectivity index (χ2n) is 6.63. The van der Waals surface area contributed by atoms with Crippen LogP contribution in [0.2, 0.25) is 0 Å². The lowest BCUT2D eigenvalue weighted by Crippen LogP contribution is -2.35. The standard InChI is InChI=1S/C20H24N4O4/c1-21-19-6-5-17(24(26)27)12-18(19)20(25)22-13-15-3-2-4-16(11-15)14-23-7-9-28-10-8-23/h2-6,11-12,21H,7-10,13-14H2,1H3,(H,22,25). The fourth-order valence-corrected chi connectivity index (χ4v) is 3.18. The SMILES string of the molecule is CNc1ccc([N+](=O)[O-])cc1C(=O)NCc1cccc(CN2CCOCC2)c1. The Bertz CT molecular complexity index is 850. The molecule has 28 heavy (non-hydrogen) atoms. The Kier molecular flexibility index (Phi) is 6.57. The van der Waals surface area contributed by atoms with Crippen LogP contribution in [-0.2, 0) is 17.8 Å². The number of benzene rings is 2. The van der Waals surface area contributed by atoms with Gasteiger partial charge in [-0.25, -0.2) is 0 Å². The van der Waals surface area contributed by atoms with Crippen LogP contribution in [0.25, 0.3) is 0 Å². The van der Waals surface area contributed by atoms with Gasteiger partial charge in [0, 0.05) is 51.0 Å². The van der Waals surface area contributed by atoms with Crippen molar-refractivity contribution in [2.75, 3.05) is 38.7 Å². The van der Waals surface area contributed by atoms with Gasteiger partial charge in [-0.2, -0.15) is 0 Å². The molecule has 0 aromatic heterocycles. The summed E-state index contributed by atoms with van der Waals surface area (Å²) in [7, 11) is 1.67. The Morgan fingerprint density at radius 1 is 1.18 bits per heavy atom. The molecule has 148 valence electrons. The van der Waals surface area contributed by atoms with E-state index in [9.17, 15) is 14.9 Å². The molecule has 2 N–H and O–H groups in total. The average Bonchev–Trinajstić information content (AvgIpc) is 2.72. The van der Waals surface area contributed by atoms with Crippen LogP contribution in [0.15, 0.2) is 42.5 Å². The maximum absolute atomic E-state index is 12.6. The van der Waals surface area contributed by atoms with Gasteiger partial charge in [0.1, 0.15) is 0 Å². The zero-order valence-corrected chi connectivity index (χ0v) is 15.8. The second-order valence-corrected chi connectivity index (χ2v) is 6.63. The summed E-state index contributed by atoms with van der Waals surface area (Å²) in [5.74, 6) is -0.355. The van der Waals surface area contributed by atoms with Gasteiger partial charge in [0.25, 0.3) is 11.6 Å². The summed E-state index contributed by atoms with van der Waals surface area (Å²) in [6, 6.07) is 12.3. The molecule has 1 fully saturated rings. The van der Waals surface area contributed by atoms with Crippen molar-refractivity contribution in [2.45, 2.75) is 13.1 Å². The van der Waals surface area contributed by atoms with Gasteiger partial charge in [-0.1, -0.05) is 24.3 Å². The van der Waals surface area contributed by atoms with Crippen LogP contribution in [-0.4, -0.2) is 49.1 Å². The first-order chi connectivity index (χ1) is 13.6. The smallest absolute Gasteiger partial charge is 0.270 e. The van der Waals surface area contributed by atoms with Crippen molar-refractivity contribution in [3.05, 3.63) is 69.3 Å². The zero-order valence-electron chi connectivity index (χ0n) is 15.8. The summed E-state index contributed by atoms with van der Waals surface area (Å²) < 4.78 is 5.37. The predicted molar refractivity (Wildman–Crippen MR) is 106 cm³/mol. The highest BCUT2D eigenvalue weighted by Gasteiger charge is 2.16. The van der Waals surface area contributed by atoms with E-state index in [4.69, 9.17) is 4.74 Å². The lowest BCUT2D eigenvalue weighted by molar-refractivity contribution is -0.384. The number of ether oxygens (including phenoxy) is 1. The third-order valence-corrected chi connectivity index (χ3v) is 4.68. The minimum Gasteiger partial charge on any atom is -0.387 e. The molecular formula is C20H24N4O4. The minimum absolute atomic E-state index is 0.114. The molecule has 1 saturated heterocycles. The van der Waals surface area contributed by atoms with Gasteiger partial charge in [-0.05, 0) is 17.2 Å². The number of carbonyl (C=O) groups excluding carboxylic acids is 1. The Morgan fingerprint density at radius 2 is 1.93 bits per heavy atom. The molecule has 0 unspecified atom stereocenters. The van der Waals surface area contributed by atoms with Gasteiger partial charge < -0.3 is 15.4 Å². The molecule has 0 atom stereocenters. The molecule has 1 aliphatic rings. The number of non-ortho nitro benzene ring substituents is 1. The molecule has 0 saturated carbocycles. The van der Waals surface area contributed by atoms with E-state index in [0.29, 0.717) is 12.2 Å². The number of nitro benzene ring substituents is 1. The largest absolute Gasteiger partial charge is 0.387 e.